The minimum absolute atomic E-state index is 0.190. The summed E-state index contributed by atoms with van der Waals surface area (Å²) in [6.07, 6.45) is 0.190. The van der Waals surface area contributed by atoms with Crippen molar-refractivity contribution in [2.45, 2.75) is 65.8 Å². The van der Waals surface area contributed by atoms with E-state index in [1.54, 1.807) is 0 Å². The van der Waals surface area contributed by atoms with Crippen molar-refractivity contribution in [1.82, 2.24) is 19.6 Å². The number of nitrogens with zero attached hydrogens (tertiary/aromatic N) is 4. The molecule has 1 fully saturated rings. The molecule has 1 saturated heterocycles. The molecule has 2 aromatic rings. The summed E-state index contributed by atoms with van der Waals surface area (Å²) >= 11 is 0. The zero-order chi connectivity index (χ0) is 31.3. The van der Waals surface area contributed by atoms with Crippen molar-refractivity contribution in [3.63, 3.8) is 0 Å². The molecule has 9 nitrogen and oxygen atoms in total. The van der Waals surface area contributed by atoms with E-state index in [-0.39, 0.29) is 21.7 Å². The molecule has 0 aromatic heterocycles. The Labute approximate surface area is 261 Å². The van der Waals surface area contributed by atoms with Crippen molar-refractivity contribution < 1.29 is 22.7 Å². The molecule has 43 heavy (non-hydrogen) atoms. The largest absolute Gasteiger partial charge is 0.345 e. The van der Waals surface area contributed by atoms with Crippen LogP contribution in [0.2, 0.25) is 0 Å². The van der Waals surface area contributed by atoms with Crippen molar-refractivity contribution >= 4 is 16.3 Å². The molecule has 0 unspecified atom stereocenters. The van der Waals surface area contributed by atoms with Gasteiger partial charge in [-0.15, -0.1) is 0 Å². The summed E-state index contributed by atoms with van der Waals surface area (Å²) in [4.78, 5) is 9.33. The van der Waals surface area contributed by atoms with Crippen molar-refractivity contribution in [3.8, 4) is 0 Å². The second-order valence-corrected chi connectivity index (χ2v) is 15.5. The molecule has 0 spiro atoms. The topological polar surface area (TPSA) is 74.8 Å². The summed E-state index contributed by atoms with van der Waals surface area (Å²) in [5.74, 6) is 0. The van der Waals surface area contributed by atoms with Crippen molar-refractivity contribution in [2.24, 2.45) is 0 Å². The van der Waals surface area contributed by atoms with Gasteiger partial charge in [-0.3, -0.25) is 28.7 Å². The summed E-state index contributed by atoms with van der Waals surface area (Å²) < 4.78 is 43.0. The molecule has 0 saturated carbocycles. The van der Waals surface area contributed by atoms with Crippen molar-refractivity contribution in [1.29, 1.82) is 0 Å². The van der Waals surface area contributed by atoms with Gasteiger partial charge in [0.05, 0.1) is 11.2 Å². The Bertz CT molecular complexity index is 1110. The Balaban J connectivity index is 1.85. The third-order valence-electron chi connectivity index (χ3n) is 6.92. The van der Waals surface area contributed by atoms with Crippen LogP contribution in [0.1, 0.15) is 52.7 Å². The maximum Gasteiger partial charge on any atom is 0.345 e. The molecule has 11 heteroatoms. The van der Waals surface area contributed by atoms with Crippen LogP contribution in [0.25, 0.3) is 0 Å². The van der Waals surface area contributed by atoms with Gasteiger partial charge in [0.15, 0.2) is 0 Å². The molecule has 2 aromatic carbocycles. The predicted octanol–water partition coefficient (Wildman–Crippen LogP) is 6.57. The Morgan fingerprint density at radius 1 is 0.628 bits per heavy atom. The van der Waals surface area contributed by atoms with E-state index < -0.39 is 18.8 Å². The van der Waals surface area contributed by atoms with Crippen LogP contribution in [0.5, 0.6) is 0 Å². The summed E-state index contributed by atoms with van der Waals surface area (Å²) in [5, 5.41) is 0. The van der Waals surface area contributed by atoms with Gasteiger partial charge in [-0.25, -0.2) is 4.57 Å². The van der Waals surface area contributed by atoms with Crippen LogP contribution in [0.4, 0.5) is 0 Å². The zero-order valence-electron chi connectivity index (χ0n) is 27.0. The second-order valence-electron chi connectivity index (χ2n) is 13.3. The molecule has 0 atom stereocenters. The Hall–Kier alpha value is -1.51. The van der Waals surface area contributed by atoms with Gasteiger partial charge in [0.2, 0.25) is 0 Å². The van der Waals surface area contributed by atoms with Gasteiger partial charge in [-0.1, -0.05) is 60.7 Å². The molecule has 1 aliphatic heterocycles. The van der Waals surface area contributed by atoms with Gasteiger partial charge in [-0.05, 0) is 52.7 Å². The van der Waals surface area contributed by atoms with E-state index in [0.29, 0.717) is 19.6 Å². The average Bonchev–Trinajstić information content (AvgIpc) is 2.91. The number of hydrogen-bond acceptors (Lipinski definition) is 9. The lowest BCUT2D eigenvalue weighted by Gasteiger charge is -2.37. The molecule has 0 aliphatic carbocycles. The van der Waals surface area contributed by atoms with Crippen molar-refractivity contribution in [3.05, 3.63) is 71.8 Å². The minimum Gasteiger partial charge on any atom is -0.302 e. The van der Waals surface area contributed by atoms with E-state index in [9.17, 15) is 9.13 Å². The molecule has 1 heterocycles. The first kappa shape index (κ1) is 36.0. The lowest BCUT2D eigenvalue weighted by atomic mass is 10.2. The maximum absolute atomic E-state index is 14.2. The first-order chi connectivity index (χ1) is 20.3. The van der Waals surface area contributed by atoms with Crippen LogP contribution in [0.3, 0.4) is 0 Å². The number of hydrogen-bond donors (Lipinski definition) is 0. The van der Waals surface area contributed by atoms with Gasteiger partial charge < -0.3 is 9.05 Å². The number of benzene rings is 2. The molecule has 0 amide bonds. The Morgan fingerprint density at radius 2 is 1.00 bits per heavy atom. The number of rotatable bonds is 11. The lowest BCUT2D eigenvalue weighted by Crippen LogP contribution is -2.46. The van der Waals surface area contributed by atoms with E-state index in [0.717, 1.165) is 45.8 Å². The minimum atomic E-state index is -3.49. The van der Waals surface area contributed by atoms with Crippen molar-refractivity contribution in [2.75, 3.05) is 65.4 Å². The quantitative estimate of drug-likeness (QED) is 0.255. The highest BCUT2D eigenvalue weighted by Gasteiger charge is 2.37. The van der Waals surface area contributed by atoms with Crippen LogP contribution in [-0.4, -0.2) is 96.2 Å². The smallest absolute Gasteiger partial charge is 0.302 e. The van der Waals surface area contributed by atoms with Gasteiger partial charge in [0, 0.05) is 65.4 Å². The summed E-state index contributed by atoms with van der Waals surface area (Å²) in [5.41, 5.74) is 1.31. The fourth-order valence-electron chi connectivity index (χ4n) is 5.11. The van der Waals surface area contributed by atoms with E-state index in [1.165, 1.54) is 11.1 Å². The molecule has 3 rings (SSSR count). The Morgan fingerprint density at radius 3 is 1.37 bits per heavy atom. The second kappa shape index (κ2) is 17.3. The molecule has 0 N–H and O–H groups in total. The third kappa shape index (κ3) is 14.9. The van der Waals surface area contributed by atoms with Crippen LogP contribution < -0.4 is 0 Å². The van der Waals surface area contributed by atoms with E-state index in [4.69, 9.17) is 13.6 Å². The van der Waals surface area contributed by atoms with E-state index >= 15 is 0 Å². The van der Waals surface area contributed by atoms with Gasteiger partial charge >= 0.3 is 16.3 Å². The van der Waals surface area contributed by atoms with E-state index in [2.05, 4.69) is 68.1 Å². The SMILES string of the molecule is CC(C)(C)OP(=O)(CN1CCN(COP=O)CCN(Cc2ccccc2)CCN(Cc2ccccc2)CC1)OC(C)(C)C. The molecule has 0 bridgehead atoms. The summed E-state index contributed by atoms with van der Waals surface area (Å²) in [6.45, 7) is 19.6. The summed E-state index contributed by atoms with van der Waals surface area (Å²) in [6, 6.07) is 21.1. The van der Waals surface area contributed by atoms with Crippen LogP contribution in [-0.2, 0) is 35.8 Å². The van der Waals surface area contributed by atoms with Gasteiger partial charge in [0.25, 0.3) is 0 Å². The lowest BCUT2D eigenvalue weighted by molar-refractivity contribution is 0.0402. The summed E-state index contributed by atoms with van der Waals surface area (Å²) in [7, 11) is -3.82. The van der Waals surface area contributed by atoms with Crippen LogP contribution >= 0.6 is 16.3 Å². The molecule has 0 radical (unpaired) electrons. The monoisotopic (exact) mass is 634 g/mol. The predicted molar refractivity (Wildman–Crippen MR) is 174 cm³/mol. The molecule has 1 aliphatic rings. The van der Waals surface area contributed by atoms with Crippen LogP contribution in [0.15, 0.2) is 60.7 Å². The zero-order valence-corrected chi connectivity index (χ0v) is 28.8. The van der Waals surface area contributed by atoms with E-state index in [1.807, 2.05) is 53.7 Å². The Kier molecular flexibility index (Phi) is 14.4. The fraction of sp³-hybridized carbons (Fsp3) is 0.625. The first-order valence-corrected chi connectivity index (χ1v) is 17.7. The molecule has 240 valence electrons. The van der Waals surface area contributed by atoms with Gasteiger partial charge in [-0.2, -0.15) is 0 Å². The standard InChI is InChI=1S/C32H52N4O5P2/c1-31(2,3)40-43(38,41-32(4,5)6)28-36-23-20-34(26-30-15-11-8-12-16-30)18-17-33(25-29-13-9-7-10-14-29)19-21-35(22-24-36)27-39-42-37/h7-16H,17-28H2,1-6H3. The molecular formula is C32H52N4O5P2. The highest BCUT2D eigenvalue weighted by Crippen LogP contribution is 2.54. The normalized spacial score (nSPS) is 18.4. The molecular weight excluding hydrogens is 582 g/mol. The van der Waals surface area contributed by atoms with Crippen LogP contribution in [0, 0.1) is 0 Å². The third-order valence-corrected chi connectivity index (χ3v) is 9.54. The fourth-order valence-corrected chi connectivity index (χ4v) is 7.91. The average molecular weight is 635 g/mol. The maximum atomic E-state index is 14.2. The first-order valence-electron chi connectivity index (χ1n) is 15.2. The highest BCUT2D eigenvalue weighted by atomic mass is 31.2. The highest BCUT2D eigenvalue weighted by molar-refractivity contribution is 7.53. The van der Waals surface area contributed by atoms with Gasteiger partial charge in [0.1, 0.15) is 13.0 Å².